The van der Waals surface area contributed by atoms with Gasteiger partial charge < -0.3 is 20.1 Å². The van der Waals surface area contributed by atoms with Gasteiger partial charge in [0.1, 0.15) is 5.75 Å². The van der Waals surface area contributed by atoms with Crippen LogP contribution in [0.2, 0.25) is 0 Å². The van der Waals surface area contributed by atoms with Gasteiger partial charge in [-0.05, 0) is 30.4 Å². The second kappa shape index (κ2) is 7.21. The summed E-state index contributed by atoms with van der Waals surface area (Å²) in [6.07, 6.45) is 0.951. The van der Waals surface area contributed by atoms with Crippen LogP contribution in [0.4, 0.5) is 10.5 Å². The number of carbonyl (C=O) groups is 2. The van der Waals surface area contributed by atoms with E-state index in [0.29, 0.717) is 18.8 Å². The van der Waals surface area contributed by atoms with Gasteiger partial charge in [-0.15, -0.1) is 0 Å². The van der Waals surface area contributed by atoms with E-state index in [4.69, 9.17) is 4.74 Å². The molecule has 0 bridgehead atoms. The molecule has 0 spiro atoms. The van der Waals surface area contributed by atoms with E-state index in [9.17, 15) is 14.7 Å². The lowest BCUT2D eigenvalue weighted by Gasteiger charge is -2.21. The Morgan fingerprint density at radius 2 is 2.14 bits per heavy atom. The summed E-state index contributed by atoms with van der Waals surface area (Å²) >= 11 is 1.82. The van der Waals surface area contributed by atoms with Gasteiger partial charge in [0.25, 0.3) is 0 Å². The van der Waals surface area contributed by atoms with Gasteiger partial charge in [-0.25, -0.2) is 9.59 Å². The maximum atomic E-state index is 12.2. The molecule has 0 aliphatic carbocycles. The third-order valence-electron chi connectivity index (χ3n) is 3.21. The molecule has 0 aromatic heterocycles. The van der Waals surface area contributed by atoms with Gasteiger partial charge in [-0.2, -0.15) is 11.8 Å². The van der Waals surface area contributed by atoms with E-state index in [-0.39, 0.29) is 17.3 Å². The van der Waals surface area contributed by atoms with Gasteiger partial charge in [0, 0.05) is 18.8 Å². The normalized spacial score (nSPS) is 15.2. The molecule has 6 nitrogen and oxygen atoms in total. The summed E-state index contributed by atoms with van der Waals surface area (Å²) in [6.45, 7) is 1.37. The zero-order valence-electron chi connectivity index (χ0n) is 11.8. The minimum absolute atomic E-state index is 0.0203. The number of carboxylic acid groups (broad SMARTS) is 1. The van der Waals surface area contributed by atoms with Gasteiger partial charge in [0.15, 0.2) is 0 Å². The Hall–Kier alpha value is -1.89. The molecule has 1 aliphatic rings. The second-order valence-corrected chi connectivity index (χ2v) is 5.82. The number of urea groups is 1. The van der Waals surface area contributed by atoms with Crippen LogP contribution in [-0.4, -0.2) is 53.7 Å². The number of hydrogen-bond donors (Lipinski definition) is 2. The number of carboxylic acids is 1. The number of hydrogen-bond acceptors (Lipinski definition) is 4. The molecule has 0 unspecified atom stereocenters. The van der Waals surface area contributed by atoms with Crippen LogP contribution in [0.5, 0.6) is 5.75 Å². The first kappa shape index (κ1) is 15.5. The maximum absolute atomic E-state index is 12.2. The molecule has 114 valence electrons. The lowest BCUT2D eigenvalue weighted by atomic mass is 10.1. The third-order valence-corrected chi connectivity index (χ3v) is 4.26. The summed E-state index contributed by atoms with van der Waals surface area (Å²) in [4.78, 5) is 25.2. The fourth-order valence-electron chi connectivity index (χ4n) is 2.08. The zero-order valence-corrected chi connectivity index (χ0v) is 12.6. The van der Waals surface area contributed by atoms with Gasteiger partial charge in [-0.1, -0.05) is 0 Å². The largest absolute Gasteiger partial charge is 0.497 e. The first-order valence-corrected chi connectivity index (χ1v) is 7.82. The van der Waals surface area contributed by atoms with Gasteiger partial charge in [0.05, 0.1) is 18.4 Å². The van der Waals surface area contributed by atoms with Gasteiger partial charge >= 0.3 is 12.0 Å². The first-order valence-electron chi connectivity index (χ1n) is 6.67. The molecule has 0 saturated carbocycles. The number of nitrogens with one attached hydrogen (secondary N) is 1. The highest BCUT2D eigenvalue weighted by atomic mass is 32.2. The lowest BCUT2D eigenvalue weighted by molar-refractivity contribution is 0.0697. The Bertz CT molecular complexity index is 528. The number of methoxy groups -OCH3 is 1. The average Bonchev–Trinajstić information content (AvgIpc) is 2.76. The molecule has 2 N–H and O–H groups in total. The molecule has 1 aromatic rings. The van der Waals surface area contributed by atoms with Crippen LogP contribution in [0.3, 0.4) is 0 Å². The van der Waals surface area contributed by atoms with Crippen LogP contribution in [0.25, 0.3) is 0 Å². The van der Waals surface area contributed by atoms with Crippen LogP contribution >= 0.6 is 11.8 Å². The van der Waals surface area contributed by atoms with Crippen LogP contribution in [-0.2, 0) is 0 Å². The molecule has 1 aromatic carbocycles. The summed E-state index contributed by atoms with van der Waals surface area (Å²) in [5.74, 6) is 1.29. The summed E-state index contributed by atoms with van der Waals surface area (Å²) in [5, 5.41) is 11.9. The maximum Gasteiger partial charge on any atom is 0.337 e. The first-order chi connectivity index (χ1) is 10.1. The lowest BCUT2D eigenvalue weighted by Crippen LogP contribution is -2.36. The third kappa shape index (κ3) is 4.04. The quantitative estimate of drug-likeness (QED) is 0.896. The van der Waals surface area contributed by atoms with Gasteiger partial charge in [0.2, 0.25) is 0 Å². The van der Waals surface area contributed by atoms with E-state index in [1.165, 1.54) is 13.2 Å². The van der Waals surface area contributed by atoms with Crippen molar-refractivity contribution in [3.05, 3.63) is 23.8 Å². The number of carbonyl (C=O) groups excluding carboxylic acids is 1. The molecule has 2 amide bonds. The zero-order chi connectivity index (χ0) is 15.2. The number of amides is 2. The van der Waals surface area contributed by atoms with Crippen molar-refractivity contribution in [2.24, 2.45) is 0 Å². The Morgan fingerprint density at radius 3 is 2.86 bits per heavy atom. The number of ether oxygens (including phenoxy) is 1. The molecule has 7 heteroatoms. The standard InChI is InChI=1S/C14H18N2O4S/c1-20-10-3-4-12(11(9-10)13(17)18)15-14(19)16-5-2-7-21-8-6-16/h3-4,9H,2,5-8H2,1H3,(H,15,19)(H,17,18). The number of nitrogens with zero attached hydrogens (tertiary/aromatic N) is 1. The van der Waals surface area contributed by atoms with E-state index in [1.54, 1.807) is 17.0 Å². The van der Waals surface area contributed by atoms with Crippen molar-refractivity contribution in [1.82, 2.24) is 4.90 Å². The molecule has 1 saturated heterocycles. The average molecular weight is 310 g/mol. The summed E-state index contributed by atoms with van der Waals surface area (Å²) in [7, 11) is 1.47. The number of benzene rings is 1. The fraction of sp³-hybridized carbons (Fsp3) is 0.429. The fourth-order valence-corrected chi connectivity index (χ4v) is 2.97. The second-order valence-electron chi connectivity index (χ2n) is 4.60. The van der Waals surface area contributed by atoms with Crippen LogP contribution in [0.1, 0.15) is 16.8 Å². The van der Waals surface area contributed by atoms with Crippen molar-refractivity contribution in [1.29, 1.82) is 0 Å². The van der Waals surface area contributed by atoms with Crippen molar-refractivity contribution in [3.63, 3.8) is 0 Å². The van der Waals surface area contributed by atoms with Crippen molar-refractivity contribution in [2.45, 2.75) is 6.42 Å². The molecule has 1 fully saturated rings. The van der Waals surface area contributed by atoms with E-state index < -0.39 is 5.97 Å². The Labute approximate surface area is 127 Å². The molecule has 1 aliphatic heterocycles. The molecule has 0 radical (unpaired) electrons. The highest BCUT2D eigenvalue weighted by Gasteiger charge is 2.19. The van der Waals surface area contributed by atoms with Crippen molar-refractivity contribution < 1.29 is 19.4 Å². The summed E-state index contributed by atoms with van der Waals surface area (Å²) < 4.78 is 5.01. The molecule has 0 atom stereocenters. The van der Waals surface area contributed by atoms with E-state index >= 15 is 0 Å². The van der Waals surface area contributed by atoms with Crippen molar-refractivity contribution in [3.8, 4) is 5.75 Å². The predicted molar refractivity (Wildman–Crippen MR) is 82.5 cm³/mol. The van der Waals surface area contributed by atoms with Crippen LogP contribution < -0.4 is 10.1 Å². The van der Waals surface area contributed by atoms with E-state index in [0.717, 1.165) is 17.9 Å². The smallest absolute Gasteiger partial charge is 0.337 e. The van der Waals surface area contributed by atoms with Crippen molar-refractivity contribution >= 4 is 29.4 Å². The number of thioether (sulfide) groups is 1. The minimum Gasteiger partial charge on any atom is -0.497 e. The Balaban J connectivity index is 2.14. The summed E-state index contributed by atoms with van der Waals surface area (Å²) in [6, 6.07) is 4.31. The predicted octanol–water partition coefficient (Wildman–Crippen LogP) is 2.36. The summed E-state index contributed by atoms with van der Waals surface area (Å²) in [5.41, 5.74) is 0.303. The SMILES string of the molecule is COc1ccc(NC(=O)N2CCCSCC2)c(C(=O)O)c1. The molecular formula is C14H18N2O4S. The van der Waals surface area contributed by atoms with Gasteiger partial charge in [-0.3, -0.25) is 0 Å². The van der Waals surface area contributed by atoms with E-state index in [1.807, 2.05) is 11.8 Å². The highest BCUT2D eigenvalue weighted by Crippen LogP contribution is 2.23. The molecule has 2 rings (SSSR count). The minimum atomic E-state index is -1.10. The molecule has 1 heterocycles. The Morgan fingerprint density at radius 1 is 1.33 bits per heavy atom. The molecule has 21 heavy (non-hydrogen) atoms. The highest BCUT2D eigenvalue weighted by molar-refractivity contribution is 7.99. The van der Waals surface area contributed by atoms with Crippen LogP contribution in [0, 0.1) is 0 Å². The monoisotopic (exact) mass is 310 g/mol. The number of anilines is 1. The topological polar surface area (TPSA) is 78.9 Å². The number of rotatable bonds is 3. The van der Waals surface area contributed by atoms with Crippen LogP contribution in [0.15, 0.2) is 18.2 Å². The molecular weight excluding hydrogens is 292 g/mol. The number of aromatic carboxylic acids is 1. The Kier molecular flexibility index (Phi) is 5.32. The van der Waals surface area contributed by atoms with E-state index in [2.05, 4.69) is 5.32 Å². The van der Waals surface area contributed by atoms with Crippen molar-refractivity contribution in [2.75, 3.05) is 37.0 Å².